The van der Waals surface area contributed by atoms with Gasteiger partial charge in [0, 0.05) is 7.05 Å². The first-order valence-corrected chi connectivity index (χ1v) is 5.99. The monoisotopic (exact) mass is 312 g/mol. The highest BCUT2D eigenvalue weighted by Gasteiger charge is 2.08. The van der Waals surface area contributed by atoms with Gasteiger partial charge in [-0.25, -0.2) is 5.43 Å². The summed E-state index contributed by atoms with van der Waals surface area (Å²) in [7, 11) is 1.32. The Balaban J connectivity index is 2.65. The van der Waals surface area contributed by atoms with Gasteiger partial charge in [0.1, 0.15) is 12.4 Å². The number of rotatable bonds is 5. The fourth-order valence-electron chi connectivity index (χ4n) is 1.18. The fraction of sp³-hybridized carbons (Fsp3) is 0.167. The summed E-state index contributed by atoms with van der Waals surface area (Å²) in [6, 6.07) is 4.42. The normalized spacial score (nSPS) is 10.2. The molecule has 8 nitrogen and oxygen atoms in total. The van der Waals surface area contributed by atoms with Crippen molar-refractivity contribution in [2.45, 2.75) is 0 Å². The van der Waals surface area contributed by atoms with E-state index in [0.717, 1.165) is 0 Å². The van der Waals surface area contributed by atoms with E-state index in [-0.39, 0.29) is 10.8 Å². The molecule has 0 aliphatic carbocycles. The van der Waals surface area contributed by atoms with Crippen LogP contribution in [-0.4, -0.2) is 37.7 Å². The Labute approximate surface area is 124 Å². The lowest BCUT2D eigenvalue weighted by Gasteiger charge is -2.08. The number of halogens is 1. The van der Waals surface area contributed by atoms with Crippen LogP contribution in [0.25, 0.3) is 0 Å². The lowest BCUT2D eigenvalue weighted by Crippen LogP contribution is -2.35. The van der Waals surface area contributed by atoms with E-state index in [2.05, 4.69) is 10.4 Å². The summed E-state index contributed by atoms with van der Waals surface area (Å²) < 4.78 is 4.88. The zero-order chi connectivity index (χ0) is 15.8. The van der Waals surface area contributed by atoms with E-state index in [1.54, 1.807) is 0 Å². The lowest BCUT2D eigenvalue weighted by molar-refractivity contribution is -0.307. The number of amides is 2. The molecular formula is C12H11ClN3O5-. The minimum absolute atomic E-state index is 0.165. The second-order valence-corrected chi connectivity index (χ2v) is 4.04. The van der Waals surface area contributed by atoms with Crippen LogP contribution < -0.4 is 20.6 Å². The first kappa shape index (κ1) is 16.4. The minimum atomic E-state index is -1.37. The van der Waals surface area contributed by atoms with E-state index in [0.29, 0.717) is 5.56 Å². The lowest BCUT2D eigenvalue weighted by atomic mass is 10.2. The van der Waals surface area contributed by atoms with Crippen LogP contribution >= 0.6 is 11.6 Å². The summed E-state index contributed by atoms with van der Waals surface area (Å²) in [5.74, 6) is -2.92. The van der Waals surface area contributed by atoms with Crippen molar-refractivity contribution in [1.82, 2.24) is 10.7 Å². The summed E-state index contributed by atoms with van der Waals surface area (Å²) in [5, 5.41) is 16.1. The number of aliphatic carboxylic acids is 1. The molecule has 1 rings (SSSR count). The molecule has 21 heavy (non-hydrogen) atoms. The van der Waals surface area contributed by atoms with Crippen LogP contribution in [0.3, 0.4) is 0 Å². The first-order valence-electron chi connectivity index (χ1n) is 5.61. The predicted molar refractivity (Wildman–Crippen MR) is 71.8 cm³/mol. The second kappa shape index (κ2) is 7.85. The van der Waals surface area contributed by atoms with Gasteiger partial charge in [0.25, 0.3) is 0 Å². The van der Waals surface area contributed by atoms with Crippen molar-refractivity contribution in [3.8, 4) is 5.75 Å². The van der Waals surface area contributed by atoms with Gasteiger partial charge in [-0.15, -0.1) is 0 Å². The largest absolute Gasteiger partial charge is 0.546 e. The molecule has 112 valence electrons. The second-order valence-electron chi connectivity index (χ2n) is 3.63. The van der Waals surface area contributed by atoms with Crippen LogP contribution in [0.4, 0.5) is 0 Å². The number of hydrogen-bond acceptors (Lipinski definition) is 6. The molecule has 0 saturated heterocycles. The van der Waals surface area contributed by atoms with Crippen molar-refractivity contribution in [3.63, 3.8) is 0 Å². The Bertz CT molecular complexity index is 588. The maximum Gasteiger partial charge on any atom is 0.329 e. The minimum Gasteiger partial charge on any atom is -0.546 e. The smallest absolute Gasteiger partial charge is 0.329 e. The Hall–Kier alpha value is -2.61. The molecule has 0 aliphatic rings. The standard InChI is InChI=1S/C12H12ClN3O5/c1-14-11(19)12(20)16-15-5-7-2-3-9(8(13)4-7)21-6-10(17)18/h2-5H,6H2,1H3,(H,14,19)(H,16,20)(H,17,18)/p-1/b15-5-. The van der Waals surface area contributed by atoms with Gasteiger partial charge in [-0.2, -0.15) is 5.10 Å². The summed E-state index contributed by atoms with van der Waals surface area (Å²) >= 11 is 5.88. The maximum absolute atomic E-state index is 11.1. The number of carboxylic acid groups (broad SMARTS) is 1. The van der Waals surface area contributed by atoms with E-state index in [4.69, 9.17) is 16.3 Å². The molecule has 9 heteroatoms. The average Bonchev–Trinajstić information content (AvgIpc) is 2.45. The molecule has 0 bridgehead atoms. The van der Waals surface area contributed by atoms with Crippen LogP contribution in [0, 0.1) is 0 Å². The van der Waals surface area contributed by atoms with Crippen LogP contribution in [0.2, 0.25) is 5.02 Å². The Morgan fingerprint density at radius 2 is 2.10 bits per heavy atom. The molecule has 0 radical (unpaired) electrons. The van der Waals surface area contributed by atoms with E-state index in [9.17, 15) is 19.5 Å². The molecule has 0 fully saturated rings. The zero-order valence-electron chi connectivity index (χ0n) is 10.9. The van der Waals surface area contributed by atoms with Gasteiger partial charge in [0.05, 0.1) is 17.2 Å². The van der Waals surface area contributed by atoms with Crippen molar-refractivity contribution in [2.24, 2.45) is 5.10 Å². The topological polar surface area (TPSA) is 120 Å². The molecular weight excluding hydrogens is 302 g/mol. The molecule has 1 aromatic rings. The van der Waals surface area contributed by atoms with Crippen LogP contribution in [0.1, 0.15) is 5.56 Å². The van der Waals surface area contributed by atoms with E-state index < -0.39 is 24.4 Å². The molecule has 0 saturated carbocycles. The molecule has 0 atom stereocenters. The summed E-state index contributed by atoms with van der Waals surface area (Å²) in [5.41, 5.74) is 2.53. The summed E-state index contributed by atoms with van der Waals surface area (Å²) in [6.07, 6.45) is 1.26. The van der Waals surface area contributed by atoms with E-state index >= 15 is 0 Å². The predicted octanol–water partition coefficient (Wildman–Crippen LogP) is -1.34. The van der Waals surface area contributed by atoms with Gasteiger partial charge in [-0.1, -0.05) is 11.6 Å². The number of carbonyl (C=O) groups is 3. The third-order valence-corrected chi connectivity index (χ3v) is 2.41. The van der Waals surface area contributed by atoms with Gasteiger partial charge in [0.2, 0.25) is 0 Å². The van der Waals surface area contributed by atoms with Crippen LogP contribution in [0.5, 0.6) is 5.75 Å². The van der Waals surface area contributed by atoms with Crippen molar-refractivity contribution in [2.75, 3.05) is 13.7 Å². The first-order chi connectivity index (χ1) is 9.93. The van der Waals surface area contributed by atoms with Gasteiger partial charge < -0.3 is 20.0 Å². The van der Waals surface area contributed by atoms with Crippen LogP contribution in [-0.2, 0) is 14.4 Å². The highest BCUT2D eigenvalue weighted by atomic mass is 35.5. The summed E-state index contributed by atoms with van der Waals surface area (Å²) in [6.45, 7) is -0.616. The number of likely N-dealkylation sites (N-methyl/N-ethyl adjacent to an activating group) is 1. The molecule has 0 aromatic heterocycles. The molecule has 0 heterocycles. The van der Waals surface area contributed by atoms with E-state index in [1.807, 2.05) is 5.43 Å². The summed E-state index contributed by atoms with van der Waals surface area (Å²) in [4.78, 5) is 32.2. The van der Waals surface area contributed by atoms with Crippen molar-refractivity contribution >= 4 is 35.6 Å². The van der Waals surface area contributed by atoms with Gasteiger partial charge >= 0.3 is 11.8 Å². The maximum atomic E-state index is 11.1. The highest BCUT2D eigenvalue weighted by Crippen LogP contribution is 2.24. The number of nitrogens with zero attached hydrogens (tertiary/aromatic N) is 1. The number of hydrazone groups is 1. The Morgan fingerprint density at radius 3 is 2.67 bits per heavy atom. The quantitative estimate of drug-likeness (QED) is 0.396. The SMILES string of the molecule is CNC(=O)C(=O)N/N=C\c1ccc(OCC(=O)[O-])c(Cl)c1. The Kier molecular flexibility index (Phi) is 6.15. The molecule has 2 amide bonds. The van der Waals surface area contributed by atoms with Crippen molar-refractivity contribution in [3.05, 3.63) is 28.8 Å². The number of benzene rings is 1. The number of nitrogens with one attached hydrogen (secondary N) is 2. The van der Waals surface area contributed by atoms with Gasteiger partial charge in [-0.05, 0) is 23.8 Å². The number of carbonyl (C=O) groups excluding carboxylic acids is 3. The highest BCUT2D eigenvalue weighted by molar-refractivity contribution is 6.35. The average molecular weight is 313 g/mol. The third kappa shape index (κ3) is 5.49. The molecule has 1 aromatic carbocycles. The molecule has 0 spiro atoms. The molecule has 0 unspecified atom stereocenters. The number of ether oxygens (including phenoxy) is 1. The molecule has 2 N–H and O–H groups in total. The van der Waals surface area contributed by atoms with E-state index in [1.165, 1.54) is 31.5 Å². The van der Waals surface area contributed by atoms with Gasteiger partial charge in [0.15, 0.2) is 0 Å². The number of carboxylic acids is 1. The third-order valence-electron chi connectivity index (χ3n) is 2.11. The van der Waals surface area contributed by atoms with Crippen LogP contribution in [0.15, 0.2) is 23.3 Å². The van der Waals surface area contributed by atoms with Crippen molar-refractivity contribution < 1.29 is 24.2 Å². The molecule has 0 aliphatic heterocycles. The number of hydrogen-bond donors (Lipinski definition) is 2. The fourth-order valence-corrected chi connectivity index (χ4v) is 1.42. The zero-order valence-corrected chi connectivity index (χ0v) is 11.6. The van der Waals surface area contributed by atoms with Gasteiger partial charge in [-0.3, -0.25) is 9.59 Å². The Morgan fingerprint density at radius 1 is 1.38 bits per heavy atom. The van der Waals surface area contributed by atoms with Crippen molar-refractivity contribution in [1.29, 1.82) is 0 Å².